The molecule has 1 fully saturated rings. The van der Waals surface area contributed by atoms with Crippen LogP contribution >= 0.6 is 0 Å². The lowest BCUT2D eigenvalue weighted by molar-refractivity contribution is -0.00768. The normalized spacial score (nSPS) is 25.4. The van der Waals surface area contributed by atoms with E-state index in [1.807, 2.05) is 24.1 Å². The molecular formula is C14H25N3O2. The third kappa shape index (κ3) is 3.78. The van der Waals surface area contributed by atoms with E-state index in [-0.39, 0.29) is 6.10 Å². The minimum Gasteiger partial charge on any atom is -0.383 e. The zero-order valence-electron chi connectivity index (χ0n) is 12.1. The summed E-state index contributed by atoms with van der Waals surface area (Å²) in [4.78, 5) is 4.17. The molecule has 0 radical (unpaired) electrons. The van der Waals surface area contributed by atoms with Crippen LogP contribution in [0.3, 0.4) is 0 Å². The van der Waals surface area contributed by atoms with Crippen molar-refractivity contribution in [3.05, 3.63) is 18.2 Å². The Bertz CT molecular complexity index is 381. The van der Waals surface area contributed by atoms with Crippen molar-refractivity contribution in [3.63, 3.8) is 0 Å². The van der Waals surface area contributed by atoms with Gasteiger partial charge in [-0.15, -0.1) is 0 Å². The average molecular weight is 267 g/mol. The molecule has 1 saturated heterocycles. The first-order valence-electron chi connectivity index (χ1n) is 7.07. The smallest absolute Gasteiger partial charge is 0.100 e. The average Bonchev–Trinajstić information content (AvgIpc) is 2.85. The van der Waals surface area contributed by atoms with Gasteiger partial charge in [-0.1, -0.05) is 6.92 Å². The lowest BCUT2D eigenvalue weighted by Gasteiger charge is -2.32. The first-order valence-corrected chi connectivity index (χ1v) is 7.07. The minimum absolute atomic E-state index is 0.152. The van der Waals surface area contributed by atoms with Crippen molar-refractivity contribution in [2.24, 2.45) is 7.05 Å². The first kappa shape index (κ1) is 14.5. The number of imidazole rings is 1. The second-order valence-electron chi connectivity index (χ2n) is 5.24. The molecule has 1 aliphatic heterocycles. The molecule has 0 saturated carbocycles. The number of aryl methyl sites for hydroxylation is 1. The molecule has 0 unspecified atom stereocenters. The van der Waals surface area contributed by atoms with E-state index in [9.17, 15) is 0 Å². The van der Waals surface area contributed by atoms with Crippen LogP contribution in [-0.2, 0) is 16.5 Å². The maximum atomic E-state index is 5.88. The van der Waals surface area contributed by atoms with E-state index in [1.165, 1.54) is 0 Å². The Kier molecular flexibility index (Phi) is 5.36. The van der Waals surface area contributed by atoms with Crippen molar-refractivity contribution in [1.29, 1.82) is 0 Å². The minimum atomic E-state index is 0.152. The van der Waals surface area contributed by atoms with Crippen molar-refractivity contribution >= 4 is 0 Å². The number of nitrogens with one attached hydrogen (secondary N) is 1. The fraction of sp³-hybridized carbons (Fsp3) is 0.786. The van der Waals surface area contributed by atoms with Crippen LogP contribution in [0.5, 0.6) is 0 Å². The maximum Gasteiger partial charge on any atom is 0.100 e. The van der Waals surface area contributed by atoms with Gasteiger partial charge >= 0.3 is 0 Å². The van der Waals surface area contributed by atoms with Gasteiger partial charge in [0.1, 0.15) is 6.10 Å². The third-order valence-corrected chi connectivity index (χ3v) is 3.80. The summed E-state index contributed by atoms with van der Waals surface area (Å²) in [6.45, 7) is 3.76. The molecule has 0 bridgehead atoms. The van der Waals surface area contributed by atoms with Crippen LogP contribution in [0.4, 0.5) is 0 Å². The van der Waals surface area contributed by atoms with E-state index in [2.05, 4.69) is 17.2 Å². The highest BCUT2D eigenvalue weighted by Crippen LogP contribution is 2.27. The van der Waals surface area contributed by atoms with Gasteiger partial charge in [0.25, 0.3) is 0 Å². The topological polar surface area (TPSA) is 48.3 Å². The monoisotopic (exact) mass is 267 g/mol. The van der Waals surface area contributed by atoms with Gasteiger partial charge in [0.15, 0.2) is 0 Å². The molecule has 19 heavy (non-hydrogen) atoms. The highest BCUT2D eigenvalue weighted by atomic mass is 16.5. The van der Waals surface area contributed by atoms with E-state index in [0.717, 1.165) is 38.2 Å². The Hall–Kier alpha value is -0.910. The second kappa shape index (κ2) is 7.03. The summed E-state index contributed by atoms with van der Waals surface area (Å²) >= 11 is 0. The van der Waals surface area contributed by atoms with Crippen LogP contribution in [0, 0.1) is 0 Å². The van der Waals surface area contributed by atoms with Crippen LogP contribution in [-0.4, -0.2) is 42.0 Å². The fourth-order valence-corrected chi connectivity index (χ4v) is 2.65. The summed E-state index contributed by atoms with van der Waals surface area (Å²) in [5, 5.41) is 3.68. The largest absolute Gasteiger partial charge is 0.383 e. The second-order valence-corrected chi connectivity index (χ2v) is 5.24. The number of rotatable bonds is 6. The van der Waals surface area contributed by atoms with Crippen molar-refractivity contribution in [3.8, 4) is 0 Å². The molecular weight excluding hydrogens is 242 g/mol. The van der Waals surface area contributed by atoms with E-state index >= 15 is 0 Å². The highest BCUT2D eigenvalue weighted by molar-refractivity contribution is 5.04. The molecule has 5 heteroatoms. The van der Waals surface area contributed by atoms with Crippen molar-refractivity contribution in [2.45, 2.75) is 44.4 Å². The molecule has 2 heterocycles. The zero-order valence-corrected chi connectivity index (χ0v) is 12.1. The molecule has 0 spiro atoms. The van der Waals surface area contributed by atoms with Crippen LogP contribution < -0.4 is 5.32 Å². The highest BCUT2D eigenvalue weighted by Gasteiger charge is 2.26. The molecule has 0 aliphatic carbocycles. The first-order chi connectivity index (χ1) is 9.24. The number of nitrogens with zero attached hydrogens (tertiary/aromatic N) is 2. The molecule has 1 aliphatic rings. The SMILES string of the molecule is CC[C@H](COC)N[C@H]1CCO[C@@H](c2cncn2C)C1. The molecule has 1 aromatic heterocycles. The summed E-state index contributed by atoms with van der Waals surface area (Å²) in [6.07, 6.45) is 7.03. The van der Waals surface area contributed by atoms with Gasteiger partial charge in [0, 0.05) is 32.8 Å². The number of methoxy groups -OCH3 is 1. The van der Waals surface area contributed by atoms with Crippen LogP contribution in [0.15, 0.2) is 12.5 Å². The van der Waals surface area contributed by atoms with Crippen LogP contribution in [0.25, 0.3) is 0 Å². The summed E-state index contributed by atoms with van der Waals surface area (Å²) in [5.74, 6) is 0. The number of aromatic nitrogens is 2. The molecule has 0 amide bonds. The Balaban J connectivity index is 1.92. The van der Waals surface area contributed by atoms with Gasteiger partial charge in [-0.25, -0.2) is 4.98 Å². The lowest BCUT2D eigenvalue weighted by atomic mass is 10.00. The van der Waals surface area contributed by atoms with E-state index < -0.39 is 0 Å². The quantitative estimate of drug-likeness (QED) is 0.851. The Morgan fingerprint density at radius 3 is 3.11 bits per heavy atom. The third-order valence-electron chi connectivity index (χ3n) is 3.80. The molecule has 1 N–H and O–H groups in total. The predicted octanol–water partition coefficient (Wildman–Crippen LogP) is 1.65. The molecule has 108 valence electrons. The standard InChI is InChI=1S/C14H25N3O2/c1-4-11(9-18-3)16-12-5-6-19-14(7-12)13-8-15-10-17(13)2/h8,10-12,14,16H,4-7,9H2,1-3H3/t11-,12+,14-/m1/s1. The molecule has 1 aromatic rings. The summed E-state index contributed by atoms with van der Waals surface area (Å²) < 4.78 is 13.2. The van der Waals surface area contributed by atoms with Gasteiger partial charge in [0.2, 0.25) is 0 Å². The Labute approximate surface area is 115 Å². The Morgan fingerprint density at radius 1 is 1.63 bits per heavy atom. The molecule has 5 nitrogen and oxygen atoms in total. The summed E-state index contributed by atoms with van der Waals surface area (Å²) in [6, 6.07) is 0.925. The van der Waals surface area contributed by atoms with Gasteiger partial charge < -0.3 is 19.4 Å². The van der Waals surface area contributed by atoms with Crippen molar-refractivity contribution < 1.29 is 9.47 Å². The van der Waals surface area contributed by atoms with Crippen LogP contribution in [0.2, 0.25) is 0 Å². The van der Waals surface area contributed by atoms with Gasteiger partial charge in [0.05, 0.1) is 24.8 Å². The van der Waals surface area contributed by atoms with Crippen molar-refractivity contribution in [2.75, 3.05) is 20.3 Å². The molecule has 0 aromatic carbocycles. The van der Waals surface area contributed by atoms with Crippen LogP contribution in [0.1, 0.15) is 38.0 Å². The van der Waals surface area contributed by atoms with Gasteiger partial charge in [-0.3, -0.25) is 0 Å². The fourth-order valence-electron chi connectivity index (χ4n) is 2.65. The summed E-state index contributed by atoms with van der Waals surface area (Å²) in [7, 11) is 3.77. The zero-order chi connectivity index (χ0) is 13.7. The van der Waals surface area contributed by atoms with E-state index in [1.54, 1.807) is 7.11 Å². The predicted molar refractivity (Wildman–Crippen MR) is 74.0 cm³/mol. The van der Waals surface area contributed by atoms with E-state index in [4.69, 9.17) is 9.47 Å². The lowest BCUT2D eigenvalue weighted by Crippen LogP contribution is -2.44. The van der Waals surface area contributed by atoms with Crippen molar-refractivity contribution in [1.82, 2.24) is 14.9 Å². The van der Waals surface area contributed by atoms with E-state index in [0.29, 0.717) is 12.1 Å². The number of hydrogen-bond donors (Lipinski definition) is 1. The van der Waals surface area contributed by atoms with Gasteiger partial charge in [-0.2, -0.15) is 0 Å². The molecule has 3 atom stereocenters. The summed E-state index contributed by atoms with van der Waals surface area (Å²) in [5.41, 5.74) is 1.16. The molecule has 2 rings (SSSR count). The van der Waals surface area contributed by atoms with Gasteiger partial charge in [-0.05, 0) is 19.3 Å². The number of ether oxygens (including phenoxy) is 2. The maximum absolute atomic E-state index is 5.88. The Morgan fingerprint density at radius 2 is 2.47 bits per heavy atom. The number of hydrogen-bond acceptors (Lipinski definition) is 4.